The number of thiophene rings is 1. The summed E-state index contributed by atoms with van der Waals surface area (Å²) in [5.41, 5.74) is 2.82. The van der Waals surface area contributed by atoms with Gasteiger partial charge in [-0.05, 0) is 70.1 Å². The van der Waals surface area contributed by atoms with Crippen LogP contribution in [0.3, 0.4) is 0 Å². The van der Waals surface area contributed by atoms with Gasteiger partial charge in [-0.3, -0.25) is 4.79 Å². The quantitative estimate of drug-likeness (QED) is 0.228. The number of carbonyl (C=O) groups excluding carboxylic acids is 2. The minimum atomic E-state index is -0.559. The predicted molar refractivity (Wildman–Crippen MR) is 142 cm³/mol. The van der Waals surface area contributed by atoms with Gasteiger partial charge < -0.3 is 14.8 Å². The van der Waals surface area contributed by atoms with Gasteiger partial charge in [-0.2, -0.15) is 0 Å². The number of aryl methyl sites for hydroxylation is 1. The summed E-state index contributed by atoms with van der Waals surface area (Å²) in [6.07, 6.45) is 0.725. The molecule has 0 radical (unpaired) electrons. The Labute approximate surface area is 217 Å². The molecule has 2 aromatic carbocycles. The van der Waals surface area contributed by atoms with Crippen LogP contribution in [0.15, 0.2) is 46.9 Å². The summed E-state index contributed by atoms with van der Waals surface area (Å²) < 4.78 is 25.1. The summed E-state index contributed by atoms with van der Waals surface area (Å²) >= 11 is 4.85. The monoisotopic (exact) mass is 561 g/mol. The Morgan fingerprint density at radius 2 is 1.80 bits per heavy atom. The van der Waals surface area contributed by atoms with Crippen LogP contribution in [-0.4, -0.2) is 25.6 Å². The van der Waals surface area contributed by atoms with Gasteiger partial charge in [-0.25, -0.2) is 9.18 Å². The molecule has 35 heavy (non-hydrogen) atoms. The van der Waals surface area contributed by atoms with Crippen LogP contribution in [0.1, 0.15) is 54.4 Å². The van der Waals surface area contributed by atoms with E-state index < -0.39 is 5.97 Å². The highest BCUT2D eigenvalue weighted by Crippen LogP contribution is 2.40. The second kappa shape index (κ2) is 11.4. The third kappa shape index (κ3) is 6.70. The first-order valence-corrected chi connectivity index (χ1v) is 12.8. The molecule has 0 aliphatic rings. The summed E-state index contributed by atoms with van der Waals surface area (Å²) in [4.78, 5) is 26.0. The number of benzene rings is 2. The van der Waals surface area contributed by atoms with Crippen LogP contribution < -0.4 is 10.1 Å². The first-order valence-electron chi connectivity index (χ1n) is 11.2. The molecule has 5 nitrogen and oxygen atoms in total. The van der Waals surface area contributed by atoms with Crippen LogP contribution in [0.5, 0.6) is 5.75 Å². The van der Waals surface area contributed by atoms with Crippen molar-refractivity contribution in [2.75, 3.05) is 19.0 Å². The Balaban J connectivity index is 1.65. The molecule has 0 bridgehead atoms. The summed E-state index contributed by atoms with van der Waals surface area (Å²) in [5, 5.41) is 3.26. The molecule has 0 spiro atoms. The molecule has 3 rings (SSSR count). The van der Waals surface area contributed by atoms with E-state index in [1.54, 1.807) is 12.1 Å². The summed E-state index contributed by atoms with van der Waals surface area (Å²) in [6.45, 7) is 8.67. The second-order valence-corrected chi connectivity index (χ2v) is 11.2. The Bertz CT molecular complexity index is 1220. The minimum Gasteiger partial charge on any atom is -0.492 e. The summed E-state index contributed by atoms with van der Waals surface area (Å²) in [6, 6.07) is 11.9. The SMILES string of the molecule is COC(=O)c1c(NC(=O)CCCOc2ccc(C(C)(C)C)cc2Br)sc(C)c1-c1ccc(F)cc1. The van der Waals surface area contributed by atoms with Gasteiger partial charge in [0.25, 0.3) is 0 Å². The van der Waals surface area contributed by atoms with Gasteiger partial charge in [0.2, 0.25) is 5.91 Å². The zero-order chi connectivity index (χ0) is 25.8. The molecule has 0 aliphatic carbocycles. The van der Waals surface area contributed by atoms with Gasteiger partial charge in [0.15, 0.2) is 0 Å². The average Bonchev–Trinajstić information content (AvgIpc) is 3.12. The molecule has 0 fully saturated rings. The molecule has 0 saturated heterocycles. The number of hydrogen-bond acceptors (Lipinski definition) is 5. The smallest absolute Gasteiger partial charge is 0.341 e. The van der Waals surface area contributed by atoms with Crippen LogP contribution in [-0.2, 0) is 14.9 Å². The lowest BCUT2D eigenvalue weighted by atomic mass is 9.87. The van der Waals surface area contributed by atoms with Crippen molar-refractivity contribution in [2.45, 2.75) is 46.0 Å². The normalized spacial score (nSPS) is 11.3. The molecular weight excluding hydrogens is 533 g/mol. The first-order chi connectivity index (χ1) is 16.5. The topological polar surface area (TPSA) is 64.6 Å². The van der Waals surface area contributed by atoms with Crippen LogP contribution in [0.4, 0.5) is 9.39 Å². The van der Waals surface area contributed by atoms with Crippen molar-refractivity contribution in [1.29, 1.82) is 0 Å². The zero-order valence-corrected chi connectivity index (χ0v) is 22.9. The van der Waals surface area contributed by atoms with E-state index in [0.29, 0.717) is 29.2 Å². The number of carbonyl (C=O) groups is 2. The number of rotatable bonds is 8. The molecular formula is C27H29BrFNO4S. The maximum Gasteiger partial charge on any atom is 0.341 e. The highest BCUT2D eigenvalue weighted by atomic mass is 79.9. The molecule has 0 saturated carbocycles. The van der Waals surface area contributed by atoms with E-state index in [-0.39, 0.29) is 29.1 Å². The van der Waals surface area contributed by atoms with Crippen molar-refractivity contribution >= 4 is 44.1 Å². The Kier molecular flexibility index (Phi) is 8.72. The van der Waals surface area contributed by atoms with E-state index in [9.17, 15) is 14.0 Å². The predicted octanol–water partition coefficient (Wildman–Crippen LogP) is 7.51. The maximum atomic E-state index is 13.4. The molecule has 0 aliphatic heterocycles. The fourth-order valence-corrected chi connectivity index (χ4v) is 5.16. The van der Waals surface area contributed by atoms with E-state index >= 15 is 0 Å². The largest absolute Gasteiger partial charge is 0.492 e. The minimum absolute atomic E-state index is 0.0406. The van der Waals surface area contributed by atoms with Crippen molar-refractivity contribution in [3.63, 3.8) is 0 Å². The third-order valence-corrected chi connectivity index (χ3v) is 7.10. The van der Waals surface area contributed by atoms with Gasteiger partial charge >= 0.3 is 5.97 Å². The Hall–Kier alpha value is -2.71. The number of nitrogens with one attached hydrogen (secondary N) is 1. The van der Waals surface area contributed by atoms with Gasteiger partial charge in [0.1, 0.15) is 22.1 Å². The van der Waals surface area contributed by atoms with E-state index in [1.165, 1.54) is 36.1 Å². The number of anilines is 1. The molecule has 1 N–H and O–H groups in total. The maximum absolute atomic E-state index is 13.4. The average molecular weight is 563 g/mol. The van der Waals surface area contributed by atoms with E-state index in [2.05, 4.69) is 42.0 Å². The summed E-state index contributed by atoms with van der Waals surface area (Å²) in [7, 11) is 1.29. The van der Waals surface area contributed by atoms with Gasteiger partial charge in [-0.1, -0.05) is 39.0 Å². The zero-order valence-electron chi connectivity index (χ0n) is 20.5. The Morgan fingerprint density at radius 1 is 1.11 bits per heavy atom. The number of ether oxygens (including phenoxy) is 2. The lowest BCUT2D eigenvalue weighted by Crippen LogP contribution is -2.15. The fourth-order valence-electron chi connectivity index (χ4n) is 3.58. The molecule has 3 aromatic rings. The van der Waals surface area contributed by atoms with Crippen LogP contribution >= 0.6 is 27.3 Å². The van der Waals surface area contributed by atoms with Crippen LogP contribution in [0.25, 0.3) is 11.1 Å². The summed E-state index contributed by atoms with van der Waals surface area (Å²) in [5.74, 6) is -0.429. The van der Waals surface area contributed by atoms with Crippen molar-refractivity contribution in [1.82, 2.24) is 0 Å². The highest BCUT2D eigenvalue weighted by Gasteiger charge is 2.25. The number of amides is 1. The number of methoxy groups -OCH3 is 1. The molecule has 1 heterocycles. The van der Waals surface area contributed by atoms with E-state index in [4.69, 9.17) is 9.47 Å². The number of hydrogen-bond donors (Lipinski definition) is 1. The number of esters is 1. The lowest BCUT2D eigenvalue weighted by Gasteiger charge is -2.20. The lowest BCUT2D eigenvalue weighted by molar-refractivity contribution is -0.116. The van der Waals surface area contributed by atoms with E-state index in [0.717, 1.165) is 15.1 Å². The second-order valence-electron chi connectivity index (χ2n) is 9.13. The highest BCUT2D eigenvalue weighted by molar-refractivity contribution is 9.10. The molecule has 1 aromatic heterocycles. The molecule has 1 amide bonds. The standard InChI is InChI=1S/C27H29BrFNO4S/c1-16-23(17-8-11-19(29)12-9-17)24(26(32)33-5)25(35-16)30-22(31)7-6-14-34-21-13-10-18(15-20(21)28)27(2,3)4/h8-13,15H,6-7,14H2,1-5H3,(H,30,31). The molecule has 0 atom stereocenters. The fraction of sp³-hybridized carbons (Fsp3) is 0.333. The molecule has 186 valence electrons. The Morgan fingerprint density at radius 3 is 2.40 bits per heavy atom. The van der Waals surface area contributed by atoms with Crippen molar-refractivity contribution < 1.29 is 23.5 Å². The van der Waals surface area contributed by atoms with Crippen LogP contribution in [0.2, 0.25) is 0 Å². The van der Waals surface area contributed by atoms with Gasteiger partial charge in [-0.15, -0.1) is 11.3 Å². The molecule has 0 unspecified atom stereocenters. The van der Waals surface area contributed by atoms with Gasteiger partial charge in [0.05, 0.1) is 18.2 Å². The first kappa shape index (κ1) is 26.9. The van der Waals surface area contributed by atoms with Crippen molar-refractivity contribution in [3.05, 3.63) is 68.8 Å². The van der Waals surface area contributed by atoms with Crippen molar-refractivity contribution in [2.24, 2.45) is 0 Å². The molecule has 8 heteroatoms. The number of halogens is 2. The van der Waals surface area contributed by atoms with Gasteiger partial charge in [0, 0.05) is 16.9 Å². The van der Waals surface area contributed by atoms with Crippen LogP contribution in [0, 0.1) is 12.7 Å². The van der Waals surface area contributed by atoms with Crippen molar-refractivity contribution in [3.8, 4) is 16.9 Å². The van der Waals surface area contributed by atoms with E-state index in [1.807, 2.05) is 25.1 Å². The third-order valence-electron chi connectivity index (χ3n) is 5.46.